The van der Waals surface area contributed by atoms with Crippen LogP contribution in [0.5, 0.6) is 0 Å². The smallest absolute Gasteiger partial charge is 0.419 e. The number of hydrogen-bond donors (Lipinski definition) is 0. The highest BCUT2D eigenvalue weighted by Gasteiger charge is 2.22. The summed E-state index contributed by atoms with van der Waals surface area (Å²) >= 11 is 3.50. The number of nitrogens with zero attached hydrogens (tertiary/aromatic N) is 1. The summed E-state index contributed by atoms with van der Waals surface area (Å²) in [6, 6.07) is 9.50. The Morgan fingerprint density at radius 1 is 1.23 bits per heavy atom. The molecule has 2 heterocycles. The molecule has 0 atom stereocenters. The molecule has 0 bridgehead atoms. The summed E-state index contributed by atoms with van der Waals surface area (Å²) < 4.78 is 13.3. The molecule has 0 N–H and O–H groups in total. The van der Waals surface area contributed by atoms with Gasteiger partial charge in [-0.05, 0) is 54.9 Å². The summed E-state index contributed by atoms with van der Waals surface area (Å²) in [6.45, 7) is 5.54. The molecule has 2 aromatic heterocycles. The molecule has 0 saturated carbocycles. The van der Waals surface area contributed by atoms with Gasteiger partial charge in [0.25, 0.3) is 0 Å². The molecule has 0 spiro atoms. The summed E-state index contributed by atoms with van der Waals surface area (Å²) in [7, 11) is 0. The number of rotatable bonds is 1. The van der Waals surface area contributed by atoms with Gasteiger partial charge in [-0.2, -0.15) is 0 Å². The van der Waals surface area contributed by atoms with Crippen molar-refractivity contribution in [1.82, 2.24) is 4.57 Å². The maximum Gasteiger partial charge on any atom is 0.419 e. The zero-order valence-corrected chi connectivity index (χ0v) is 14.2. The molecule has 1 aromatic carbocycles. The molecule has 5 heteroatoms. The lowest BCUT2D eigenvalue weighted by Gasteiger charge is -2.20. The summed E-state index contributed by atoms with van der Waals surface area (Å²) in [4.78, 5) is 12.5. The first-order valence-corrected chi connectivity index (χ1v) is 7.73. The number of para-hydroxylation sites is 1. The molecule has 3 aromatic rings. The Hall–Kier alpha value is -2.01. The van der Waals surface area contributed by atoms with Crippen molar-refractivity contribution in [3.05, 3.63) is 47.3 Å². The van der Waals surface area contributed by atoms with Crippen molar-refractivity contribution < 1.29 is 13.9 Å². The van der Waals surface area contributed by atoms with Crippen molar-refractivity contribution in [2.45, 2.75) is 26.4 Å². The van der Waals surface area contributed by atoms with Gasteiger partial charge in [-0.15, -0.1) is 0 Å². The third-order valence-corrected chi connectivity index (χ3v) is 3.79. The maximum absolute atomic E-state index is 12.5. The average molecular weight is 362 g/mol. The second-order valence-electron chi connectivity index (χ2n) is 6.01. The highest BCUT2D eigenvalue weighted by Crippen LogP contribution is 2.34. The summed E-state index contributed by atoms with van der Waals surface area (Å²) in [5.41, 5.74) is 1.05. The molecule has 114 valence electrons. The molecule has 0 unspecified atom stereocenters. The van der Waals surface area contributed by atoms with E-state index >= 15 is 0 Å². The quantitative estimate of drug-likeness (QED) is 0.578. The lowest BCUT2D eigenvalue weighted by atomic mass is 10.1. The molecule has 0 aliphatic carbocycles. The van der Waals surface area contributed by atoms with E-state index in [1.54, 1.807) is 12.5 Å². The highest BCUT2D eigenvalue weighted by atomic mass is 79.9. The lowest BCUT2D eigenvalue weighted by molar-refractivity contribution is 0.0544. The molecule has 0 aliphatic rings. The maximum atomic E-state index is 12.5. The van der Waals surface area contributed by atoms with Gasteiger partial charge in [0.05, 0.1) is 11.8 Å². The molecular weight excluding hydrogens is 346 g/mol. The van der Waals surface area contributed by atoms with Gasteiger partial charge in [0.15, 0.2) is 0 Å². The van der Waals surface area contributed by atoms with Crippen molar-refractivity contribution in [3.8, 4) is 11.3 Å². The van der Waals surface area contributed by atoms with E-state index in [4.69, 9.17) is 9.15 Å². The molecule has 0 saturated heterocycles. The summed E-state index contributed by atoms with van der Waals surface area (Å²) in [5, 5.41) is 0.930. The van der Waals surface area contributed by atoms with Gasteiger partial charge in [0.1, 0.15) is 11.4 Å². The second-order valence-corrected chi connectivity index (χ2v) is 6.86. The van der Waals surface area contributed by atoms with Gasteiger partial charge < -0.3 is 9.15 Å². The zero-order chi connectivity index (χ0) is 15.9. The van der Waals surface area contributed by atoms with E-state index in [-0.39, 0.29) is 0 Å². The van der Waals surface area contributed by atoms with Crippen LogP contribution in [0.1, 0.15) is 20.8 Å². The third-order valence-electron chi connectivity index (χ3n) is 3.15. The first kappa shape index (κ1) is 14.9. The van der Waals surface area contributed by atoms with Crippen LogP contribution in [-0.4, -0.2) is 16.3 Å². The minimum atomic E-state index is -0.556. The van der Waals surface area contributed by atoms with Gasteiger partial charge in [0.2, 0.25) is 0 Å². The zero-order valence-electron chi connectivity index (χ0n) is 12.6. The van der Waals surface area contributed by atoms with Crippen LogP contribution in [-0.2, 0) is 4.74 Å². The molecular formula is C17H16BrNO3. The third kappa shape index (κ3) is 2.68. The van der Waals surface area contributed by atoms with Crippen LogP contribution in [0.4, 0.5) is 4.79 Å². The van der Waals surface area contributed by atoms with Gasteiger partial charge in [-0.25, -0.2) is 4.79 Å². The fourth-order valence-corrected chi connectivity index (χ4v) is 2.85. The van der Waals surface area contributed by atoms with E-state index in [2.05, 4.69) is 15.9 Å². The second kappa shape index (κ2) is 5.32. The van der Waals surface area contributed by atoms with Crippen molar-refractivity contribution in [2.75, 3.05) is 0 Å². The van der Waals surface area contributed by atoms with Crippen molar-refractivity contribution in [3.63, 3.8) is 0 Å². The Labute approximate surface area is 136 Å². The van der Waals surface area contributed by atoms with Crippen LogP contribution in [0.2, 0.25) is 0 Å². The number of furan rings is 1. The normalized spacial score (nSPS) is 11.8. The van der Waals surface area contributed by atoms with E-state index in [0.29, 0.717) is 5.76 Å². The number of carbonyl (C=O) groups excluding carboxylic acids is 1. The summed E-state index contributed by atoms with van der Waals surface area (Å²) in [5.74, 6) is 0.709. The van der Waals surface area contributed by atoms with Crippen LogP contribution in [0.3, 0.4) is 0 Å². The molecule has 3 rings (SSSR count). The molecule has 22 heavy (non-hydrogen) atoms. The molecule has 0 amide bonds. The number of halogens is 1. The number of hydrogen-bond acceptors (Lipinski definition) is 3. The van der Waals surface area contributed by atoms with E-state index in [1.165, 1.54) is 4.57 Å². The standard InChI is InChI=1S/C17H16BrNO3/c1-17(2,3)22-16(20)19-10-13(18)11-6-4-7-12(15(11)19)14-8-5-9-21-14/h4-10H,1-3H3. The van der Waals surface area contributed by atoms with E-state index in [9.17, 15) is 4.79 Å². The fourth-order valence-electron chi connectivity index (χ4n) is 2.33. The van der Waals surface area contributed by atoms with Crippen molar-refractivity contribution in [2.24, 2.45) is 0 Å². The molecule has 0 radical (unpaired) electrons. The van der Waals surface area contributed by atoms with Crippen LogP contribution in [0, 0.1) is 0 Å². The monoisotopic (exact) mass is 361 g/mol. The average Bonchev–Trinajstić information content (AvgIpc) is 3.05. The first-order chi connectivity index (χ1) is 10.4. The Morgan fingerprint density at radius 2 is 2.00 bits per heavy atom. The highest BCUT2D eigenvalue weighted by molar-refractivity contribution is 9.10. The van der Waals surface area contributed by atoms with Crippen molar-refractivity contribution in [1.29, 1.82) is 0 Å². The number of fused-ring (bicyclic) bond motifs is 1. The Kier molecular flexibility index (Phi) is 3.60. The SMILES string of the molecule is CC(C)(C)OC(=O)n1cc(Br)c2cccc(-c3ccco3)c21. The fraction of sp³-hybridized carbons (Fsp3) is 0.235. The van der Waals surface area contributed by atoms with Crippen LogP contribution < -0.4 is 0 Å². The van der Waals surface area contributed by atoms with Gasteiger partial charge in [-0.3, -0.25) is 4.57 Å². The predicted molar refractivity (Wildman–Crippen MR) is 89.0 cm³/mol. The Morgan fingerprint density at radius 3 is 2.64 bits per heavy atom. The van der Waals surface area contributed by atoms with Gasteiger partial charge in [0, 0.05) is 21.6 Å². The number of aromatic nitrogens is 1. The molecule has 4 nitrogen and oxygen atoms in total. The predicted octanol–water partition coefficient (Wildman–Crippen LogP) is 5.45. The Balaban J connectivity index is 2.21. The minimum Gasteiger partial charge on any atom is -0.464 e. The first-order valence-electron chi connectivity index (χ1n) is 6.93. The van der Waals surface area contributed by atoms with Crippen LogP contribution in [0.25, 0.3) is 22.2 Å². The molecule has 0 aliphatic heterocycles. The van der Waals surface area contributed by atoms with E-state index in [1.807, 2.05) is 51.1 Å². The topological polar surface area (TPSA) is 44.4 Å². The van der Waals surface area contributed by atoms with Crippen LogP contribution >= 0.6 is 15.9 Å². The largest absolute Gasteiger partial charge is 0.464 e. The number of benzene rings is 1. The lowest BCUT2D eigenvalue weighted by Crippen LogP contribution is -2.26. The van der Waals surface area contributed by atoms with E-state index < -0.39 is 11.7 Å². The van der Waals surface area contributed by atoms with Crippen molar-refractivity contribution >= 4 is 32.9 Å². The van der Waals surface area contributed by atoms with Gasteiger partial charge in [-0.1, -0.05) is 12.1 Å². The Bertz CT molecular complexity index is 826. The number of ether oxygens (including phenoxy) is 1. The molecule has 0 fully saturated rings. The van der Waals surface area contributed by atoms with Gasteiger partial charge >= 0.3 is 6.09 Å². The van der Waals surface area contributed by atoms with Crippen LogP contribution in [0.15, 0.2) is 51.7 Å². The number of carbonyl (C=O) groups is 1. The van der Waals surface area contributed by atoms with E-state index in [0.717, 1.165) is 20.9 Å². The minimum absolute atomic E-state index is 0.415. The summed E-state index contributed by atoms with van der Waals surface area (Å²) in [6.07, 6.45) is 2.93.